The molecule has 3 rings (SSSR count). The Kier molecular flexibility index (Phi) is 6.06. The van der Waals surface area contributed by atoms with E-state index in [1.807, 2.05) is 62.4 Å². The number of rotatable bonds is 5. The van der Waals surface area contributed by atoms with E-state index in [1.54, 1.807) is 6.92 Å². The molecule has 1 heterocycles. The van der Waals surface area contributed by atoms with Crippen molar-refractivity contribution in [3.05, 3.63) is 70.2 Å². The Labute approximate surface area is 168 Å². The van der Waals surface area contributed by atoms with Crippen molar-refractivity contribution in [2.24, 2.45) is 0 Å². The van der Waals surface area contributed by atoms with Crippen molar-refractivity contribution in [3.63, 3.8) is 0 Å². The maximum atomic E-state index is 12.4. The quantitative estimate of drug-likeness (QED) is 0.577. The van der Waals surface area contributed by atoms with Crippen LogP contribution in [0.5, 0.6) is 0 Å². The van der Waals surface area contributed by atoms with Gasteiger partial charge in [-0.05, 0) is 32.4 Å². The van der Waals surface area contributed by atoms with E-state index in [4.69, 9.17) is 0 Å². The first-order valence-corrected chi connectivity index (χ1v) is 9.69. The number of benzene rings is 2. The van der Waals surface area contributed by atoms with Gasteiger partial charge in [-0.3, -0.25) is 20.4 Å². The second kappa shape index (κ2) is 8.67. The molecule has 0 aliphatic carbocycles. The van der Waals surface area contributed by atoms with E-state index < -0.39 is 0 Å². The summed E-state index contributed by atoms with van der Waals surface area (Å²) in [5, 5.41) is 3.84. The van der Waals surface area contributed by atoms with Gasteiger partial charge in [0.1, 0.15) is 9.88 Å². The molecule has 0 spiro atoms. The van der Waals surface area contributed by atoms with E-state index in [0.29, 0.717) is 10.6 Å². The van der Waals surface area contributed by atoms with E-state index in [1.165, 1.54) is 11.3 Å². The molecule has 0 bridgehead atoms. The molecule has 6 nitrogen and oxygen atoms in total. The Bertz CT molecular complexity index is 999. The van der Waals surface area contributed by atoms with Crippen LogP contribution >= 0.6 is 11.3 Å². The highest BCUT2D eigenvalue weighted by atomic mass is 32.1. The number of hydrogen-bond donors (Lipinski definition) is 3. The molecule has 0 aliphatic heterocycles. The van der Waals surface area contributed by atoms with Crippen LogP contribution in [0.4, 0.5) is 5.69 Å². The molecule has 0 atom stereocenters. The van der Waals surface area contributed by atoms with Gasteiger partial charge in [0, 0.05) is 11.3 Å². The van der Waals surface area contributed by atoms with Crippen molar-refractivity contribution >= 4 is 28.8 Å². The van der Waals surface area contributed by atoms with E-state index in [-0.39, 0.29) is 18.4 Å². The Hall–Kier alpha value is -3.19. The van der Waals surface area contributed by atoms with Crippen LogP contribution in [-0.2, 0) is 4.79 Å². The zero-order valence-corrected chi connectivity index (χ0v) is 16.8. The summed E-state index contributed by atoms with van der Waals surface area (Å²) in [7, 11) is 0. The molecule has 0 aliphatic rings. The van der Waals surface area contributed by atoms with E-state index in [0.717, 1.165) is 27.4 Å². The van der Waals surface area contributed by atoms with E-state index in [2.05, 4.69) is 21.2 Å². The Morgan fingerprint density at radius 3 is 2.46 bits per heavy atom. The third kappa shape index (κ3) is 4.75. The summed E-state index contributed by atoms with van der Waals surface area (Å²) in [6.45, 7) is 5.83. The van der Waals surface area contributed by atoms with Crippen LogP contribution in [0, 0.1) is 20.8 Å². The molecule has 28 heavy (non-hydrogen) atoms. The molecule has 1 aromatic heterocycles. The fraction of sp³-hybridized carbons (Fsp3) is 0.190. The van der Waals surface area contributed by atoms with Crippen LogP contribution in [0.2, 0.25) is 0 Å². The van der Waals surface area contributed by atoms with Gasteiger partial charge in [0.25, 0.3) is 11.8 Å². The SMILES string of the molecule is Cc1ccc(NCC(=O)NNC(=O)c2sc(-c3ccccc3)nc2C)c(C)c1. The number of aryl methyl sites for hydroxylation is 3. The highest BCUT2D eigenvalue weighted by molar-refractivity contribution is 7.17. The van der Waals surface area contributed by atoms with Crippen LogP contribution in [0.3, 0.4) is 0 Å². The molecule has 0 fully saturated rings. The fourth-order valence-corrected chi connectivity index (χ4v) is 3.69. The average molecular weight is 395 g/mol. The third-order valence-corrected chi connectivity index (χ3v) is 5.37. The second-order valence-electron chi connectivity index (χ2n) is 6.47. The second-order valence-corrected chi connectivity index (χ2v) is 7.47. The van der Waals surface area contributed by atoms with Gasteiger partial charge in [-0.2, -0.15) is 0 Å². The lowest BCUT2D eigenvalue weighted by Gasteiger charge is -2.11. The normalized spacial score (nSPS) is 10.4. The number of carbonyl (C=O) groups is 2. The molecule has 0 unspecified atom stereocenters. The number of amides is 2. The van der Waals surface area contributed by atoms with Crippen LogP contribution < -0.4 is 16.2 Å². The number of nitrogens with one attached hydrogen (secondary N) is 3. The van der Waals surface area contributed by atoms with E-state index in [9.17, 15) is 9.59 Å². The summed E-state index contributed by atoms with van der Waals surface area (Å²) in [4.78, 5) is 29.4. The lowest BCUT2D eigenvalue weighted by atomic mass is 10.1. The van der Waals surface area contributed by atoms with Crippen LogP contribution in [0.15, 0.2) is 48.5 Å². The van der Waals surface area contributed by atoms with Crippen molar-refractivity contribution in [1.82, 2.24) is 15.8 Å². The number of carbonyl (C=O) groups excluding carboxylic acids is 2. The lowest BCUT2D eigenvalue weighted by Crippen LogP contribution is -2.44. The zero-order valence-electron chi connectivity index (χ0n) is 16.0. The molecule has 7 heteroatoms. The van der Waals surface area contributed by atoms with Crippen molar-refractivity contribution in [2.45, 2.75) is 20.8 Å². The Morgan fingerprint density at radius 1 is 1.00 bits per heavy atom. The first kappa shape index (κ1) is 19.6. The summed E-state index contributed by atoms with van der Waals surface area (Å²) in [6.07, 6.45) is 0. The number of hydrogen-bond acceptors (Lipinski definition) is 5. The van der Waals surface area contributed by atoms with Crippen LogP contribution in [0.25, 0.3) is 10.6 Å². The number of thiazole rings is 1. The van der Waals surface area contributed by atoms with Gasteiger partial charge < -0.3 is 5.32 Å². The first-order valence-electron chi connectivity index (χ1n) is 8.87. The highest BCUT2D eigenvalue weighted by Gasteiger charge is 2.16. The molecule has 2 aromatic carbocycles. The van der Waals surface area contributed by atoms with Gasteiger partial charge in [-0.1, -0.05) is 48.0 Å². The predicted molar refractivity (Wildman–Crippen MR) is 112 cm³/mol. The summed E-state index contributed by atoms with van der Waals surface area (Å²) in [5.41, 5.74) is 9.59. The van der Waals surface area contributed by atoms with Crippen molar-refractivity contribution in [3.8, 4) is 10.6 Å². The summed E-state index contributed by atoms with van der Waals surface area (Å²) in [6, 6.07) is 15.6. The van der Waals surface area contributed by atoms with Gasteiger partial charge in [-0.15, -0.1) is 11.3 Å². The van der Waals surface area contributed by atoms with Gasteiger partial charge >= 0.3 is 0 Å². The predicted octanol–water partition coefficient (Wildman–Crippen LogP) is 3.61. The molecular formula is C21H22N4O2S. The number of nitrogens with zero attached hydrogens (tertiary/aromatic N) is 1. The summed E-state index contributed by atoms with van der Waals surface area (Å²) >= 11 is 1.30. The molecule has 2 amide bonds. The number of anilines is 1. The zero-order chi connectivity index (χ0) is 20.1. The molecule has 3 aromatic rings. The summed E-state index contributed by atoms with van der Waals surface area (Å²) < 4.78 is 0. The maximum Gasteiger partial charge on any atom is 0.281 e. The van der Waals surface area contributed by atoms with Gasteiger partial charge in [0.15, 0.2) is 0 Å². The first-order chi connectivity index (χ1) is 13.4. The van der Waals surface area contributed by atoms with Crippen molar-refractivity contribution in [1.29, 1.82) is 0 Å². The van der Waals surface area contributed by atoms with Gasteiger partial charge in [0.05, 0.1) is 12.2 Å². The largest absolute Gasteiger partial charge is 0.376 e. The molecule has 0 saturated heterocycles. The maximum absolute atomic E-state index is 12.4. The molecule has 0 saturated carbocycles. The minimum Gasteiger partial charge on any atom is -0.376 e. The Balaban J connectivity index is 1.55. The molecule has 3 N–H and O–H groups in total. The minimum absolute atomic E-state index is 0.0567. The van der Waals surface area contributed by atoms with Gasteiger partial charge in [0.2, 0.25) is 0 Å². The smallest absolute Gasteiger partial charge is 0.281 e. The molecule has 144 valence electrons. The van der Waals surface area contributed by atoms with E-state index >= 15 is 0 Å². The average Bonchev–Trinajstić information content (AvgIpc) is 3.08. The Morgan fingerprint density at radius 2 is 1.75 bits per heavy atom. The van der Waals surface area contributed by atoms with Crippen LogP contribution in [0.1, 0.15) is 26.5 Å². The standard InChI is InChI=1S/C21H22N4O2S/c1-13-9-10-17(14(2)11-13)22-12-18(26)24-25-20(27)19-15(3)23-21(28-19)16-7-5-4-6-8-16/h4-11,22H,12H2,1-3H3,(H,24,26)(H,25,27). The van der Waals surface area contributed by atoms with Crippen molar-refractivity contribution < 1.29 is 9.59 Å². The van der Waals surface area contributed by atoms with Crippen LogP contribution in [-0.4, -0.2) is 23.3 Å². The monoisotopic (exact) mass is 394 g/mol. The number of aromatic nitrogens is 1. The summed E-state index contributed by atoms with van der Waals surface area (Å²) in [5.74, 6) is -0.712. The van der Waals surface area contributed by atoms with Gasteiger partial charge in [-0.25, -0.2) is 4.98 Å². The minimum atomic E-state index is -0.378. The lowest BCUT2D eigenvalue weighted by molar-refractivity contribution is -0.120. The highest BCUT2D eigenvalue weighted by Crippen LogP contribution is 2.27. The van der Waals surface area contributed by atoms with Crippen molar-refractivity contribution in [2.75, 3.05) is 11.9 Å². The topological polar surface area (TPSA) is 83.1 Å². The third-order valence-electron chi connectivity index (χ3n) is 4.16. The molecule has 0 radical (unpaired) electrons. The number of hydrazine groups is 1. The fourth-order valence-electron chi connectivity index (χ4n) is 2.73. The molecular weight excluding hydrogens is 372 g/mol.